The van der Waals surface area contributed by atoms with E-state index in [1.165, 1.54) is 19.3 Å². The number of carbonyl (C=O) groups excluding carboxylic acids is 2. The number of imidazole rings is 1. The molecule has 0 saturated heterocycles. The first-order chi connectivity index (χ1) is 13.1. The molecule has 3 N–H and O–H groups in total. The van der Waals surface area contributed by atoms with Gasteiger partial charge >= 0.3 is 6.03 Å². The number of aryl methyl sites for hydroxylation is 1. The number of carbonyl (C=O) groups is 2. The van der Waals surface area contributed by atoms with Gasteiger partial charge in [0.2, 0.25) is 5.91 Å². The van der Waals surface area contributed by atoms with Crippen molar-refractivity contribution in [1.29, 1.82) is 0 Å². The Morgan fingerprint density at radius 3 is 2.70 bits per heavy atom. The Morgan fingerprint density at radius 2 is 1.89 bits per heavy atom. The summed E-state index contributed by atoms with van der Waals surface area (Å²) in [4.78, 5) is 28.4. The summed E-state index contributed by atoms with van der Waals surface area (Å²) in [6.45, 7) is 3.52. The molecule has 0 atom stereocenters. The zero-order valence-electron chi connectivity index (χ0n) is 16.0. The van der Waals surface area contributed by atoms with Gasteiger partial charge in [0.1, 0.15) is 5.82 Å². The van der Waals surface area contributed by atoms with Gasteiger partial charge in [0.25, 0.3) is 0 Å². The fourth-order valence-electron chi connectivity index (χ4n) is 3.65. The summed E-state index contributed by atoms with van der Waals surface area (Å²) in [6, 6.07) is 8.09. The number of rotatable bonds is 7. The van der Waals surface area contributed by atoms with Gasteiger partial charge < -0.3 is 20.5 Å². The Bertz CT molecular complexity index is 780. The molecule has 2 aromatic rings. The Kier molecular flexibility index (Phi) is 6.68. The Hall–Kier alpha value is -2.57. The lowest BCUT2D eigenvalue weighted by Gasteiger charge is -2.22. The molecular weight excluding hydrogens is 342 g/mol. The van der Waals surface area contributed by atoms with Crippen LogP contribution in [0.15, 0.2) is 24.3 Å². The molecule has 1 saturated carbocycles. The van der Waals surface area contributed by atoms with Gasteiger partial charge in [0.15, 0.2) is 0 Å². The van der Waals surface area contributed by atoms with E-state index in [0.717, 1.165) is 29.7 Å². The van der Waals surface area contributed by atoms with Crippen LogP contribution in [0.2, 0.25) is 0 Å². The normalized spacial score (nSPS) is 14.9. The first-order valence-electron chi connectivity index (χ1n) is 9.86. The molecule has 1 aromatic carbocycles. The first-order valence-corrected chi connectivity index (χ1v) is 9.86. The summed E-state index contributed by atoms with van der Waals surface area (Å²) in [5.41, 5.74) is 2.04. The van der Waals surface area contributed by atoms with Crippen molar-refractivity contribution >= 4 is 23.0 Å². The third-order valence-electron chi connectivity index (χ3n) is 5.08. The van der Waals surface area contributed by atoms with Gasteiger partial charge in [0.05, 0.1) is 11.0 Å². The minimum Gasteiger partial charge on any atom is -0.354 e. The van der Waals surface area contributed by atoms with Gasteiger partial charge in [-0.25, -0.2) is 9.78 Å². The van der Waals surface area contributed by atoms with E-state index in [9.17, 15) is 9.59 Å². The molecule has 7 nitrogen and oxygen atoms in total. The number of urea groups is 1. The maximum Gasteiger partial charge on any atom is 0.315 e. The summed E-state index contributed by atoms with van der Waals surface area (Å²) in [5.74, 6) is 0.876. The van der Waals surface area contributed by atoms with Crippen LogP contribution in [0.25, 0.3) is 11.0 Å². The van der Waals surface area contributed by atoms with Gasteiger partial charge in [-0.3, -0.25) is 4.79 Å². The van der Waals surface area contributed by atoms with E-state index in [4.69, 9.17) is 0 Å². The van der Waals surface area contributed by atoms with Crippen molar-refractivity contribution in [2.75, 3.05) is 13.1 Å². The van der Waals surface area contributed by atoms with Crippen molar-refractivity contribution in [2.24, 2.45) is 0 Å². The quantitative estimate of drug-likeness (QED) is 0.699. The Morgan fingerprint density at radius 1 is 1.11 bits per heavy atom. The summed E-state index contributed by atoms with van der Waals surface area (Å²) in [6.07, 6.45) is 6.00. The van der Waals surface area contributed by atoms with Gasteiger partial charge in [-0.15, -0.1) is 0 Å². The number of para-hydroxylation sites is 2. The Labute approximate surface area is 159 Å². The standard InChI is InChI=1S/C20H29N5O2/c1-15-23-17-9-5-6-10-18(17)25(15)14-13-21-19(26)11-12-22-20(27)24-16-7-3-2-4-8-16/h5-6,9-10,16H,2-4,7-8,11-14H2,1H3,(H,21,26)(H2,22,24,27). The number of nitrogens with one attached hydrogen (secondary N) is 3. The van der Waals surface area contributed by atoms with Crippen molar-refractivity contribution in [3.8, 4) is 0 Å². The van der Waals surface area contributed by atoms with Crippen LogP contribution in [-0.4, -0.2) is 40.6 Å². The largest absolute Gasteiger partial charge is 0.354 e. The van der Waals surface area contributed by atoms with E-state index in [0.29, 0.717) is 19.6 Å². The highest BCUT2D eigenvalue weighted by Gasteiger charge is 2.15. The molecule has 1 aromatic heterocycles. The fraction of sp³-hybridized carbons (Fsp3) is 0.550. The second kappa shape index (κ2) is 9.39. The molecule has 1 heterocycles. The zero-order valence-corrected chi connectivity index (χ0v) is 16.0. The van der Waals surface area contributed by atoms with Crippen LogP contribution in [0, 0.1) is 6.92 Å². The van der Waals surface area contributed by atoms with Crippen LogP contribution in [0.3, 0.4) is 0 Å². The van der Waals surface area contributed by atoms with Crippen molar-refractivity contribution < 1.29 is 9.59 Å². The second-order valence-corrected chi connectivity index (χ2v) is 7.13. The number of benzene rings is 1. The average Bonchev–Trinajstić information content (AvgIpc) is 2.98. The topological polar surface area (TPSA) is 88.1 Å². The SMILES string of the molecule is Cc1nc2ccccc2n1CCNC(=O)CCNC(=O)NC1CCCCC1. The Balaban J connectivity index is 1.33. The van der Waals surface area contributed by atoms with Crippen molar-refractivity contribution in [3.05, 3.63) is 30.1 Å². The summed E-state index contributed by atoms with van der Waals surface area (Å²) >= 11 is 0. The minimum absolute atomic E-state index is 0.0601. The molecule has 1 fully saturated rings. The smallest absolute Gasteiger partial charge is 0.315 e. The van der Waals surface area contributed by atoms with Crippen molar-refractivity contribution in [1.82, 2.24) is 25.5 Å². The van der Waals surface area contributed by atoms with Crippen LogP contribution >= 0.6 is 0 Å². The van der Waals surface area contributed by atoms with Crippen LogP contribution < -0.4 is 16.0 Å². The number of amides is 3. The number of hydrogen-bond donors (Lipinski definition) is 3. The van der Waals surface area contributed by atoms with Crippen LogP contribution in [0.1, 0.15) is 44.3 Å². The van der Waals surface area contributed by atoms with Gasteiger partial charge in [0, 0.05) is 32.1 Å². The van der Waals surface area contributed by atoms with Gasteiger partial charge in [-0.05, 0) is 31.9 Å². The third kappa shape index (κ3) is 5.45. The zero-order chi connectivity index (χ0) is 19.1. The van der Waals surface area contributed by atoms with E-state index >= 15 is 0 Å². The molecule has 3 amide bonds. The molecule has 146 valence electrons. The fourth-order valence-corrected chi connectivity index (χ4v) is 3.65. The average molecular weight is 371 g/mol. The molecule has 0 aliphatic heterocycles. The van der Waals surface area contributed by atoms with E-state index < -0.39 is 0 Å². The number of hydrogen-bond acceptors (Lipinski definition) is 3. The number of fused-ring (bicyclic) bond motifs is 1. The summed E-state index contributed by atoms with van der Waals surface area (Å²) in [7, 11) is 0. The maximum absolute atomic E-state index is 12.0. The van der Waals surface area contributed by atoms with E-state index in [1.807, 2.05) is 31.2 Å². The highest BCUT2D eigenvalue weighted by Crippen LogP contribution is 2.17. The monoisotopic (exact) mass is 371 g/mol. The molecular formula is C20H29N5O2. The first kappa shape index (κ1) is 19.2. The summed E-state index contributed by atoms with van der Waals surface area (Å²) < 4.78 is 2.10. The van der Waals surface area contributed by atoms with Crippen LogP contribution in [0.5, 0.6) is 0 Å². The molecule has 1 aliphatic carbocycles. The lowest BCUT2D eigenvalue weighted by molar-refractivity contribution is -0.120. The lowest BCUT2D eigenvalue weighted by atomic mass is 9.96. The van der Waals surface area contributed by atoms with Crippen molar-refractivity contribution in [3.63, 3.8) is 0 Å². The van der Waals surface area contributed by atoms with E-state index in [1.54, 1.807) is 0 Å². The lowest BCUT2D eigenvalue weighted by Crippen LogP contribution is -2.43. The predicted octanol–water partition coefficient (Wildman–Crippen LogP) is 2.48. The van der Waals surface area contributed by atoms with Crippen LogP contribution in [0.4, 0.5) is 4.79 Å². The molecule has 0 bridgehead atoms. The third-order valence-corrected chi connectivity index (χ3v) is 5.08. The molecule has 1 aliphatic rings. The van der Waals surface area contributed by atoms with Gasteiger partial charge in [-0.1, -0.05) is 31.4 Å². The van der Waals surface area contributed by atoms with Gasteiger partial charge in [-0.2, -0.15) is 0 Å². The van der Waals surface area contributed by atoms with Crippen molar-refractivity contribution in [2.45, 2.75) is 58.0 Å². The molecule has 0 unspecified atom stereocenters. The molecule has 27 heavy (non-hydrogen) atoms. The molecule has 0 radical (unpaired) electrons. The molecule has 0 spiro atoms. The molecule has 3 rings (SSSR count). The maximum atomic E-state index is 12.0. The summed E-state index contributed by atoms with van der Waals surface area (Å²) in [5, 5.41) is 8.67. The van der Waals surface area contributed by atoms with Crippen LogP contribution in [-0.2, 0) is 11.3 Å². The minimum atomic E-state index is -0.171. The highest BCUT2D eigenvalue weighted by atomic mass is 16.2. The highest BCUT2D eigenvalue weighted by molar-refractivity contribution is 5.78. The van der Waals surface area contributed by atoms with E-state index in [-0.39, 0.29) is 24.4 Å². The van der Waals surface area contributed by atoms with E-state index in [2.05, 4.69) is 25.5 Å². The predicted molar refractivity (Wildman–Crippen MR) is 106 cm³/mol. The molecule has 7 heteroatoms. The number of nitrogens with zero attached hydrogens (tertiary/aromatic N) is 2. The number of aromatic nitrogens is 2. The second-order valence-electron chi connectivity index (χ2n) is 7.13.